The number of phenolic OH excluding ortho intramolecular Hbond substituents is 1. The molecule has 0 heterocycles. The van der Waals surface area contributed by atoms with Crippen molar-refractivity contribution in [1.82, 2.24) is 0 Å². The van der Waals surface area contributed by atoms with Gasteiger partial charge in [-0.15, -0.1) is 0 Å². The predicted octanol–water partition coefficient (Wildman–Crippen LogP) is 1.71. The average molecular weight is 234 g/mol. The Hall–Kier alpha value is -1.55. The zero-order valence-corrected chi connectivity index (χ0v) is 9.73. The third kappa shape index (κ3) is 2.58. The molecule has 1 aliphatic carbocycles. The van der Waals surface area contributed by atoms with E-state index in [9.17, 15) is 9.90 Å². The molecule has 92 valence electrons. The molecule has 0 saturated heterocycles. The van der Waals surface area contributed by atoms with E-state index in [-0.39, 0.29) is 23.5 Å². The van der Waals surface area contributed by atoms with E-state index in [0.717, 1.165) is 19.3 Å². The molecule has 1 aliphatic rings. The monoisotopic (exact) mass is 234 g/mol. The van der Waals surface area contributed by atoms with Crippen LogP contribution in [0.2, 0.25) is 0 Å². The number of amides is 1. The van der Waals surface area contributed by atoms with E-state index in [4.69, 9.17) is 5.73 Å². The first-order valence-electron chi connectivity index (χ1n) is 6.01. The first-order valence-corrected chi connectivity index (χ1v) is 6.01. The van der Waals surface area contributed by atoms with Crippen molar-refractivity contribution in [3.05, 3.63) is 24.3 Å². The minimum atomic E-state index is -0.0283. The third-order valence-electron chi connectivity index (χ3n) is 3.46. The molecule has 1 saturated carbocycles. The van der Waals surface area contributed by atoms with Crippen molar-refractivity contribution in [1.29, 1.82) is 0 Å². The van der Waals surface area contributed by atoms with Gasteiger partial charge in [0.05, 0.1) is 5.69 Å². The number of rotatable bonds is 3. The molecule has 4 N–H and O–H groups in total. The smallest absolute Gasteiger partial charge is 0.227 e. The van der Waals surface area contributed by atoms with Gasteiger partial charge in [-0.2, -0.15) is 0 Å². The van der Waals surface area contributed by atoms with Gasteiger partial charge in [0, 0.05) is 5.92 Å². The van der Waals surface area contributed by atoms with E-state index >= 15 is 0 Å². The maximum atomic E-state index is 12.1. The van der Waals surface area contributed by atoms with Crippen LogP contribution in [0.5, 0.6) is 5.75 Å². The minimum absolute atomic E-state index is 0.0143. The molecule has 0 spiro atoms. The molecular weight excluding hydrogens is 216 g/mol. The summed E-state index contributed by atoms with van der Waals surface area (Å²) in [5.41, 5.74) is 6.13. The number of para-hydroxylation sites is 2. The van der Waals surface area contributed by atoms with Crippen LogP contribution in [0, 0.1) is 11.8 Å². The Morgan fingerprint density at radius 2 is 2.18 bits per heavy atom. The molecule has 2 rings (SSSR count). The molecular formula is C13H18N2O2. The van der Waals surface area contributed by atoms with Crippen LogP contribution in [-0.2, 0) is 4.79 Å². The van der Waals surface area contributed by atoms with E-state index in [0.29, 0.717) is 12.2 Å². The Morgan fingerprint density at radius 1 is 1.41 bits per heavy atom. The lowest BCUT2D eigenvalue weighted by Gasteiger charge is -2.17. The number of carbonyl (C=O) groups is 1. The first-order chi connectivity index (χ1) is 8.22. The SMILES string of the molecule is NCC1CCCC1C(=O)Nc1ccccc1O. The topological polar surface area (TPSA) is 75.4 Å². The summed E-state index contributed by atoms with van der Waals surface area (Å²) in [6.07, 6.45) is 2.97. The molecule has 0 radical (unpaired) electrons. The summed E-state index contributed by atoms with van der Waals surface area (Å²) in [4.78, 5) is 12.1. The Kier molecular flexibility index (Phi) is 3.64. The fourth-order valence-electron chi connectivity index (χ4n) is 2.47. The number of hydrogen-bond donors (Lipinski definition) is 3. The van der Waals surface area contributed by atoms with Gasteiger partial charge in [-0.3, -0.25) is 4.79 Å². The van der Waals surface area contributed by atoms with Crippen molar-refractivity contribution < 1.29 is 9.90 Å². The summed E-state index contributed by atoms with van der Waals surface area (Å²) in [5, 5.41) is 12.4. The second-order valence-corrected chi connectivity index (χ2v) is 4.54. The molecule has 2 unspecified atom stereocenters. The summed E-state index contributed by atoms with van der Waals surface area (Å²) < 4.78 is 0. The normalized spacial score (nSPS) is 23.6. The van der Waals surface area contributed by atoms with Crippen LogP contribution in [0.3, 0.4) is 0 Å². The van der Waals surface area contributed by atoms with Gasteiger partial charge >= 0.3 is 0 Å². The summed E-state index contributed by atoms with van der Waals surface area (Å²) in [6, 6.07) is 6.76. The second kappa shape index (κ2) is 5.19. The van der Waals surface area contributed by atoms with E-state index in [1.165, 1.54) is 0 Å². The number of anilines is 1. The van der Waals surface area contributed by atoms with Crippen LogP contribution in [0.4, 0.5) is 5.69 Å². The number of aromatic hydroxyl groups is 1. The van der Waals surface area contributed by atoms with Gasteiger partial charge < -0.3 is 16.2 Å². The van der Waals surface area contributed by atoms with E-state index in [1.54, 1.807) is 24.3 Å². The van der Waals surface area contributed by atoms with E-state index < -0.39 is 0 Å². The lowest BCUT2D eigenvalue weighted by molar-refractivity contribution is -0.120. The lowest BCUT2D eigenvalue weighted by atomic mass is 9.95. The molecule has 0 bridgehead atoms. The average Bonchev–Trinajstić information content (AvgIpc) is 2.80. The molecule has 4 nitrogen and oxygen atoms in total. The maximum Gasteiger partial charge on any atom is 0.227 e. The molecule has 17 heavy (non-hydrogen) atoms. The van der Waals surface area contributed by atoms with Crippen molar-refractivity contribution >= 4 is 11.6 Å². The molecule has 0 aromatic heterocycles. The van der Waals surface area contributed by atoms with Crippen LogP contribution in [0.15, 0.2) is 24.3 Å². The van der Waals surface area contributed by atoms with Crippen LogP contribution >= 0.6 is 0 Å². The minimum Gasteiger partial charge on any atom is -0.506 e. The fraction of sp³-hybridized carbons (Fsp3) is 0.462. The number of phenols is 1. The van der Waals surface area contributed by atoms with Gasteiger partial charge in [0.15, 0.2) is 0 Å². The number of benzene rings is 1. The Morgan fingerprint density at radius 3 is 2.88 bits per heavy atom. The Balaban J connectivity index is 2.04. The van der Waals surface area contributed by atoms with Crippen LogP contribution in [0.25, 0.3) is 0 Å². The van der Waals surface area contributed by atoms with Crippen LogP contribution < -0.4 is 11.1 Å². The van der Waals surface area contributed by atoms with Crippen molar-refractivity contribution in [2.75, 3.05) is 11.9 Å². The quantitative estimate of drug-likeness (QED) is 0.697. The predicted molar refractivity (Wildman–Crippen MR) is 66.6 cm³/mol. The summed E-state index contributed by atoms with van der Waals surface area (Å²) >= 11 is 0. The van der Waals surface area contributed by atoms with Gasteiger partial charge in [-0.05, 0) is 37.4 Å². The number of nitrogens with two attached hydrogens (primary N) is 1. The summed E-state index contributed by atoms with van der Waals surface area (Å²) in [5.74, 6) is 0.336. The zero-order valence-electron chi connectivity index (χ0n) is 9.73. The number of nitrogens with one attached hydrogen (secondary N) is 1. The second-order valence-electron chi connectivity index (χ2n) is 4.54. The molecule has 1 aromatic carbocycles. The third-order valence-corrected chi connectivity index (χ3v) is 3.46. The van der Waals surface area contributed by atoms with Crippen LogP contribution in [0.1, 0.15) is 19.3 Å². The zero-order chi connectivity index (χ0) is 12.3. The van der Waals surface area contributed by atoms with Gasteiger partial charge in [0.1, 0.15) is 5.75 Å². The van der Waals surface area contributed by atoms with Gasteiger partial charge in [-0.1, -0.05) is 18.6 Å². The summed E-state index contributed by atoms with van der Waals surface area (Å²) in [7, 11) is 0. The highest BCUT2D eigenvalue weighted by atomic mass is 16.3. The molecule has 4 heteroatoms. The van der Waals surface area contributed by atoms with Crippen LogP contribution in [-0.4, -0.2) is 17.6 Å². The molecule has 2 atom stereocenters. The van der Waals surface area contributed by atoms with Crippen molar-refractivity contribution in [3.63, 3.8) is 0 Å². The number of hydrogen-bond acceptors (Lipinski definition) is 3. The summed E-state index contributed by atoms with van der Waals surface area (Å²) in [6.45, 7) is 0.554. The standard InChI is InChI=1S/C13H18N2O2/c14-8-9-4-3-5-10(9)13(17)15-11-6-1-2-7-12(11)16/h1-2,6-7,9-10,16H,3-5,8,14H2,(H,15,17). The van der Waals surface area contributed by atoms with Crippen molar-refractivity contribution in [2.45, 2.75) is 19.3 Å². The van der Waals surface area contributed by atoms with Gasteiger partial charge in [-0.25, -0.2) is 0 Å². The van der Waals surface area contributed by atoms with Gasteiger partial charge in [0.2, 0.25) is 5.91 Å². The first kappa shape index (κ1) is 11.9. The lowest BCUT2D eigenvalue weighted by Crippen LogP contribution is -2.29. The Bertz CT molecular complexity index is 406. The Labute approximate surface area is 101 Å². The highest BCUT2D eigenvalue weighted by Gasteiger charge is 2.32. The maximum absolute atomic E-state index is 12.1. The number of carbonyl (C=O) groups excluding carboxylic acids is 1. The molecule has 0 aliphatic heterocycles. The van der Waals surface area contributed by atoms with Crippen molar-refractivity contribution in [3.8, 4) is 5.75 Å². The molecule has 1 fully saturated rings. The fourth-order valence-corrected chi connectivity index (χ4v) is 2.47. The molecule has 1 aromatic rings. The van der Waals surface area contributed by atoms with E-state index in [1.807, 2.05) is 0 Å². The molecule has 1 amide bonds. The van der Waals surface area contributed by atoms with Gasteiger partial charge in [0.25, 0.3) is 0 Å². The highest BCUT2D eigenvalue weighted by molar-refractivity contribution is 5.94. The largest absolute Gasteiger partial charge is 0.506 e. The van der Waals surface area contributed by atoms with E-state index in [2.05, 4.69) is 5.32 Å². The highest BCUT2D eigenvalue weighted by Crippen LogP contribution is 2.32. The van der Waals surface area contributed by atoms with Crippen molar-refractivity contribution in [2.24, 2.45) is 17.6 Å².